The SMILES string of the molecule is CCCOc1ccccc1Oc1nc2sccn2c1C=O. The number of thiazole rings is 1. The van der Waals surface area contributed by atoms with Crippen LogP contribution in [0.15, 0.2) is 35.8 Å². The van der Waals surface area contributed by atoms with Crippen LogP contribution in [-0.2, 0) is 0 Å². The average molecular weight is 302 g/mol. The molecule has 3 aromatic rings. The van der Waals surface area contributed by atoms with E-state index in [9.17, 15) is 4.79 Å². The second-order valence-electron chi connectivity index (χ2n) is 4.37. The lowest BCUT2D eigenvalue weighted by Crippen LogP contribution is -1.98. The van der Waals surface area contributed by atoms with E-state index in [1.54, 1.807) is 16.7 Å². The van der Waals surface area contributed by atoms with Crippen molar-refractivity contribution in [2.24, 2.45) is 0 Å². The predicted molar refractivity (Wildman–Crippen MR) is 80.8 cm³/mol. The maximum Gasteiger partial charge on any atom is 0.250 e. The number of aromatic nitrogens is 2. The van der Waals surface area contributed by atoms with Gasteiger partial charge in [-0.05, 0) is 18.6 Å². The van der Waals surface area contributed by atoms with E-state index in [-0.39, 0.29) is 0 Å². The minimum atomic E-state index is 0.296. The highest BCUT2D eigenvalue weighted by atomic mass is 32.1. The first-order chi connectivity index (χ1) is 10.3. The number of para-hydroxylation sites is 2. The summed E-state index contributed by atoms with van der Waals surface area (Å²) in [6.07, 6.45) is 3.45. The summed E-state index contributed by atoms with van der Waals surface area (Å²) in [7, 11) is 0. The molecule has 1 aromatic carbocycles. The van der Waals surface area contributed by atoms with Crippen LogP contribution >= 0.6 is 11.3 Å². The predicted octanol–water partition coefficient (Wildman–Crippen LogP) is 3.79. The van der Waals surface area contributed by atoms with Gasteiger partial charge in [-0.15, -0.1) is 11.3 Å². The van der Waals surface area contributed by atoms with Gasteiger partial charge in [0.25, 0.3) is 0 Å². The normalized spacial score (nSPS) is 10.7. The van der Waals surface area contributed by atoms with E-state index >= 15 is 0 Å². The zero-order valence-electron chi connectivity index (χ0n) is 11.5. The van der Waals surface area contributed by atoms with Crippen molar-refractivity contribution in [2.75, 3.05) is 6.61 Å². The second kappa shape index (κ2) is 5.97. The third-order valence-corrected chi connectivity index (χ3v) is 3.65. The Labute approximate surface area is 125 Å². The number of benzene rings is 1. The van der Waals surface area contributed by atoms with Crippen LogP contribution in [0.5, 0.6) is 17.4 Å². The van der Waals surface area contributed by atoms with Crippen molar-refractivity contribution in [2.45, 2.75) is 13.3 Å². The molecule has 0 saturated carbocycles. The molecule has 0 spiro atoms. The summed E-state index contributed by atoms with van der Waals surface area (Å²) in [6.45, 7) is 2.65. The van der Waals surface area contributed by atoms with Crippen molar-refractivity contribution in [1.29, 1.82) is 0 Å². The van der Waals surface area contributed by atoms with Crippen molar-refractivity contribution in [3.63, 3.8) is 0 Å². The summed E-state index contributed by atoms with van der Waals surface area (Å²) in [5.74, 6) is 1.50. The van der Waals surface area contributed by atoms with Crippen LogP contribution in [0, 0.1) is 0 Å². The molecule has 108 valence electrons. The molecule has 5 nitrogen and oxygen atoms in total. The van der Waals surface area contributed by atoms with Crippen molar-refractivity contribution in [3.8, 4) is 17.4 Å². The fourth-order valence-corrected chi connectivity index (χ4v) is 2.65. The van der Waals surface area contributed by atoms with Crippen molar-refractivity contribution in [1.82, 2.24) is 9.38 Å². The van der Waals surface area contributed by atoms with Crippen LogP contribution in [-0.4, -0.2) is 22.3 Å². The third-order valence-electron chi connectivity index (χ3n) is 2.89. The number of ether oxygens (including phenoxy) is 2. The average Bonchev–Trinajstić information content (AvgIpc) is 3.06. The van der Waals surface area contributed by atoms with E-state index in [4.69, 9.17) is 9.47 Å². The summed E-state index contributed by atoms with van der Waals surface area (Å²) < 4.78 is 13.1. The van der Waals surface area contributed by atoms with Crippen LogP contribution in [0.3, 0.4) is 0 Å². The third kappa shape index (κ3) is 2.62. The first-order valence-corrected chi connectivity index (χ1v) is 7.52. The summed E-state index contributed by atoms with van der Waals surface area (Å²) in [4.78, 5) is 16.3. The lowest BCUT2D eigenvalue weighted by Gasteiger charge is -2.10. The summed E-state index contributed by atoms with van der Waals surface area (Å²) in [5.41, 5.74) is 0.400. The maximum absolute atomic E-state index is 11.3. The molecule has 0 bridgehead atoms. The van der Waals surface area contributed by atoms with Gasteiger partial charge in [0.15, 0.2) is 28.4 Å². The smallest absolute Gasteiger partial charge is 0.250 e. The Kier molecular flexibility index (Phi) is 3.87. The van der Waals surface area contributed by atoms with Gasteiger partial charge in [0.1, 0.15) is 0 Å². The number of aldehydes is 1. The van der Waals surface area contributed by atoms with Crippen LogP contribution in [0.4, 0.5) is 0 Å². The molecule has 0 atom stereocenters. The molecule has 0 unspecified atom stereocenters. The quantitative estimate of drug-likeness (QED) is 0.650. The number of nitrogens with zero attached hydrogens (tertiary/aromatic N) is 2. The Bertz CT molecular complexity index is 763. The van der Waals surface area contributed by atoms with Gasteiger partial charge >= 0.3 is 0 Å². The molecule has 21 heavy (non-hydrogen) atoms. The Balaban J connectivity index is 1.94. The number of hydrogen-bond donors (Lipinski definition) is 0. The fraction of sp³-hybridized carbons (Fsp3) is 0.200. The molecule has 6 heteroatoms. The highest BCUT2D eigenvalue weighted by Crippen LogP contribution is 2.33. The Morgan fingerprint density at radius 3 is 2.90 bits per heavy atom. The summed E-state index contributed by atoms with van der Waals surface area (Å²) >= 11 is 1.45. The van der Waals surface area contributed by atoms with E-state index in [0.29, 0.717) is 29.7 Å². The molecule has 0 aliphatic heterocycles. The van der Waals surface area contributed by atoms with Gasteiger partial charge in [0.2, 0.25) is 5.88 Å². The van der Waals surface area contributed by atoms with Gasteiger partial charge in [0.05, 0.1) is 6.61 Å². The molecule has 0 N–H and O–H groups in total. The molecule has 0 radical (unpaired) electrons. The fourth-order valence-electron chi connectivity index (χ4n) is 1.94. The Hall–Kier alpha value is -2.34. The Morgan fingerprint density at radius 2 is 2.14 bits per heavy atom. The summed E-state index contributed by atoms with van der Waals surface area (Å²) in [5, 5.41) is 1.87. The monoisotopic (exact) mass is 302 g/mol. The minimum Gasteiger partial charge on any atom is -0.490 e. The lowest BCUT2D eigenvalue weighted by atomic mass is 10.3. The van der Waals surface area contributed by atoms with Crippen LogP contribution < -0.4 is 9.47 Å². The molecule has 2 heterocycles. The highest BCUT2D eigenvalue weighted by Gasteiger charge is 2.16. The maximum atomic E-state index is 11.3. The molecule has 0 fully saturated rings. The number of carbonyl (C=O) groups excluding carboxylic acids is 1. The highest BCUT2D eigenvalue weighted by molar-refractivity contribution is 7.15. The lowest BCUT2D eigenvalue weighted by molar-refractivity contribution is 0.111. The zero-order chi connectivity index (χ0) is 14.7. The van der Waals surface area contributed by atoms with Gasteiger partial charge in [0, 0.05) is 11.6 Å². The second-order valence-corrected chi connectivity index (χ2v) is 5.25. The molecule has 2 aromatic heterocycles. The van der Waals surface area contributed by atoms with E-state index in [0.717, 1.165) is 17.7 Å². The molecule has 0 amide bonds. The molecule has 0 saturated heterocycles. The topological polar surface area (TPSA) is 52.8 Å². The molecular formula is C15H14N2O3S. The minimum absolute atomic E-state index is 0.296. The first-order valence-electron chi connectivity index (χ1n) is 6.64. The largest absolute Gasteiger partial charge is 0.490 e. The van der Waals surface area contributed by atoms with Crippen molar-refractivity contribution < 1.29 is 14.3 Å². The van der Waals surface area contributed by atoms with Crippen LogP contribution in [0.2, 0.25) is 0 Å². The number of imidazole rings is 1. The van der Waals surface area contributed by atoms with E-state index < -0.39 is 0 Å². The summed E-state index contributed by atoms with van der Waals surface area (Å²) in [6, 6.07) is 7.37. The molecule has 0 aliphatic carbocycles. The van der Waals surface area contributed by atoms with Gasteiger partial charge in [-0.2, -0.15) is 4.98 Å². The number of hydrogen-bond acceptors (Lipinski definition) is 5. The van der Waals surface area contributed by atoms with Crippen molar-refractivity contribution in [3.05, 3.63) is 41.5 Å². The van der Waals surface area contributed by atoms with E-state index in [1.165, 1.54) is 11.3 Å². The molecule has 3 rings (SSSR count). The van der Waals surface area contributed by atoms with E-state index in [2.05, 4.69) is 4.98 Å². The zero-order valence-corrected chi connectivity index (χ0v) is 12.3. The Morgan fingerprint density at radius 1 is 1.33 bits per heavy atom. The number of fused-ring (bicyclic) bond motifs is 1. The van der Waals surface area contributed by atoms with E-state index in [1.807, 2.05) is 30.5 Å². The van der Waals surface area contributed by atoms with Crippen LogP contribution in [0.1, 0.15) is 23.8 Å². The number of rotatable bonds is 6. The molecule has 0 aliphatic rings. The molecular weight excluding hydrogens is 288 g/mol. The van der Waals surface area contributed by atoms with Gasteiger partial charge in [-0.3, -0.25) is 9.20 Å². The van der Waals surface area contributed by atoms with Crippen LogP contribution in [0.25, 0.3) is 4.96 Å². The standard InChI is InChI=1S/C15H14N2O3S/c1-2-8-19-12-5-3-4-6-13(12)20-14-11(10-18)17-7-9-21-15(17)16-14/h3-7,9-10H,2,8H2,1H3. The first kappa shape index (κ1) is 13.6. The number of carbonyl (C=O) groups is 1. The van der Waals surface area contributed by atoms with Gasteiger partial charge < -0.3 is 9.47 Å². The van der Waals surface area contributed by atoms with Gasteiger partial charge in [-0.25, -0.2) is 0 Å². The van der Waals surface area contributed by atoms with Crippen molar-refractivity contribution >= 4 is 22.6 Å². The van der Waals surface area contributed by atoms with Gasteiger partial charge in [-0.1, -0.05) is 19.1 Å².